The van der Waals surface area contributed by atoms with Gasteiger partial charge in [0, 0.05) is 51.4 Å². The second-order valence-corrected chi connectivity index (χ2v) is 7.83. The Morgan fingerprint density at radius 3 is 2.62 bits per heavy atom. The molecule has 1 unspecified atom stereocenters. The number of carbonyl (C=O) groups excluding carboxylic acids is 3. The first-order valence-corrected chi connectivity index (χ1v) is 10.4. The number of fused-ring (bicyclic) bond motifs is 1. The largest absolute Gasteiger partial charge is 0.381 e. The Hall–Kier alpha value is -3.51. The lowest BCUT2D eigenvalue weighted by Crippen LogP contribution is -2.53. The first-order valence-electron chi connectivity index (χ1n) is 10.4. The maximum absolute atomic E-state index is 14.6. The lowest BCUT2D eigenvalue weighted by Gasteiger charge is -2.35. The van der Waals surface area contributed by atoms with E-state index in [-0.39, 0.29) is 41.4 Å². The van der Waals surface area contributed by atoms with Crippen LogP contribution in [0.5, 0.6) is 0 Å². The number of aromatic amines is 1. The molecular weight excluding hydrogens is 421 g/mol. The standard InChI is InChI=1S/C20H22FN7O4/c21-14-10-23-18(28-3-2-24-25-28)16-15(14)13(9-22-16)17(29)20(31)27-6-4-26(5-7-27)19(30)12-1-8-32-11-12/h2-3,9-10,12,22,24-25H,1,4-8,11H2. The van der Waals surface area contributed by atoms with Gasteiger partial charge in [0.1, 0.15) is 0 Å². The molecule has 32 heavy (non-hydrogen) atoms. The monoisotopic (exact) mass is 443 g/mol. The van der Waals surface area contributed by atoms with E-state index >= 15 is 0 Å². The van der Waals surface area contributed by atoms with Gasteiger partial charge in [-0.25, -0.2) is 14.4 Å². The number of nitrogens with one attached hydrogen (secondary N) is 3. The number of piperazine rings is 1. The number of hydrogen-bond donors (Lipinski definition) is 3. The Morgan fingerprint density at radius 1 is 1.16 bits per heavy atom. The van der Waals surface area contributed by atoms with Crippen molar-refractivity contribution in [3.8, 4) is 0 Å². The van der Waals surface area contributed by atoms with Gasteiger partial charge in [0.15, 0.2) is 11.6 Å². The molecule has 0 spiro atoms. The van der Waals surface area contributed by atoms with Crippen molar-refractivity contribution < 1.29 is 23.5 Å². The van der Waals surface area contributed by atoms with Crippen LogP contribution in [-0.2, 0) is 14.3 Å². The second kappa shape index (κ2) is 8.20. The van der Waals surface area contributed by atoms with E-state index in [2.05, 4.69) is 20.9 Å². The second-order valence-electron chi connectivity index (χ2n) is 7.83. The summed E-state index contributed by atoms with van der Waals surface area (Å²) in [6, 6.07) is 0. The number of H-pyrrole nitrogens is 1. The third kappa shape index (κ3) is 3.46. The van der Waals surface area contributed by atoms with E-state index in [0.29, 0.717) is 38.5 Å². The van der Waals surface area contributed by atoms with Crippen LogP contribution >= 0.6 is 0 Å². The molecule has 2 saturated heterocycles. The van der Waals surface area contributed by atoms with E-state index in [9.17, 15) is 18.8 Å². The number of Topliss-reactive ketones (excluding diaryl/α,β-unsaturated/α-hetero) is 1. The number of anilines is 1. The van der Waals surface area contributed by atoms with Crippen LogP contribution in [-0.4, -0.2) is 76.8 Å². The average Bonchev–Trinajstić information content (AvgIpc) is 3.60. The van der Waals surface area contributed by atoms with Gasteiger partial charge < -0.3 is 24.9 Å². The molecule has 2 amide bonds. The number of ketones is 1. The molecule has 168 valence electrons. The molecule has 2 aromatic rings. The number of hydrogen-bond acceptors (Lipinski definition) is 8. The number of carbonyl (C=O) groups is 3. The highest BCUT2D eigenvalue weighted by Crippen LogP contribution is 2.29. The highest BCUT2D eigenvalue weighted by atomic mass is 19.1. The minimum Gasteiger partial charge on any atom is -0.381 e. The minimum absolute atomic E-state index is 0.00509. The number of nitrogens with zero attached hydrogens (tertiary/aromatic N) is 4. The topological polar surface area (TPSA) is 123 Å². The molecule has 2 aromatic heterocycles. The van der Waals surface area contributed by atoms with Crippen molar-refractivity contribution in [1.29, 1.82) is 0 Å². The molecule has 5 heterocycles. The predicted octanol–water partition coefficient (Wildman–Crippen LogP) is -0.108. The quantitative estimate of drug-likeness (QED) is 0.442. The number of aromatic nitrogens is 2. The van der Waals surface area contributed by atoms with Crippen LogP contribution in [0.15, 0.2) is 24.8 Å². The fourth-order valence-electron chi connectivity index (χ4n) is 4.21. The summed E-state index contributed by atoms with van der Waals surface area (Å²) in [7, 11) is 0. The molecule has 0 bridgehead atoms. The van der Waals surface area contributed by atoms with Crippen molar-refractivity contribution in [2.45, 2.75) is 6.42 Å². The fourth-order valence-corrected chi connectivity index (χ4v) is 4.21. The molecule has 2 fully saturated rings. The lowest BCUT2D eigenvalue weighted by atomic mass is 10.1. The zero-order chi connectivity index (χ0) is 22.2. The molecule has 12 heteroatoms. The SMILES string of the molecule is O=C(C(=O)N1CCN(C(=O)C2CCOC2)CC1)c1c[nH]c2c(N3C=CNN3)ncc(F)c12. The van der Waals surface area contributed by atoms with E-state index in [1.54, 1.807) is 17.3 Å². The normalized spacial score (nSPS) is 20.8. The van der Waals surface area contributed by atoms with E-state index in [1.165, 1.54) is 16.1 Å². The molecule has 3 N–H and O–H groups in total. The van der Waals surface area contributed by atoms with E-state index < -0.39 is 17.5 Å². The van der Waals surface area contributed by atoms with Gasteiger partial charge in [-0.15, -0.1) is 5.53 Å². The zero-order valence-electron chi connectivity index (χ0n) is 17.1. The van der Waals surface area contributed by atoms with Crippen LogP contribution in [0, 0.1) is 11.7 Å². The van der Waals surface area contributed by atoms with Crippen molar-refractivity contribution in [2.24, 2.45) is 5.92 Å². The molecule has 0 radical (unpaired) electrons. The average molecular weight is 443 g/mol. The third-order valence-electron chi connectivity index (χ3n) is 5.96. The summed E-state index contributed by atoms with van der Waals surface area (Å²) in [6.45, 7) is 2.21. The van der Waals surface area contributed by atoms with Crippen molar-refractivity contribution in [1.82, 2.24) is 30.7 Å². The Labute approximate surface area is 182 Å². The van der Waals surface area contributed by atoms with Gasteiger partial charge in [-0.05, 0) is 6.42 Å². The molecule has 11 nitrogen and oxygen atoms in total. The van der Waals surface area contributed by atoms with Crippen LogP contribution in [0.1, 0.15) is 16.8 Å². The number of hydrazine groups is 2. The van der Waals surface area contributed by atoms with Gasteiger partial charge in [0.25, 0.3) is 11.7 Å². The van der Waals surface area contributed by atoms with Gasteiger partial charge in [-0.2, -0.15) is 0 Å². The van der Waals surface area contributed by atoms with Crippen molar-refractivity contribution in [3.05, 3.63) is 36.2 Å². The number of halogens is 1. The highest BCUT2D eigenvalue weighted by Gasteiger charge is 2.34. The van der Waals surface area contributed by atoms with E-state index in [1.807, 2.05) is 0 Å². The molecule has 0 aliphatic carbocycles. The summed E-state index contributed by atoms with van der Waals surface area (Å²) < 4.78 is 19.9. The summed E-state index contributed by atoms with van der Waals surface area (Å²) in [5.74, 6) is -1.99. The van der Waals surface area contributed by atoms with Crippen LogP contribution in [0.4, 0.5) is 10.2 Å². The summed E-state index contributed by atoms with van der Waals surface area (Å²) >= 11 is 0. The van der Waals surface area contributed by atoms with E-state index in [0.717, 1.165) is 6.20 Å². The maximum atomic E-state index is 14.6. The Kier molecular flexibility index (Phi) is 5.23. The fraction of sp³-hybridized carbons (Fsp3) is 0.400. The summed E-state index contributed by atoms with van der Waals surface area (Å²) in [4.78, 5) is 48.4. The summed E-state index contributed by atoms with van der Waals surface area (Å²) in [5, 5.41) is 1.52. The molecule has 3 aliphatic rings. The Bertz CT molecular complexity index is 1100. The van der Waals surface area contributed by atoms with Crippen LogP contribution in [0.2, 0.25) is 0 Å². The Morgan fingerprint density at radius 2 is 1.94 bits per heavy atom. The third-order valence-corrected chi connectivity index (χ3v) is 5.96. The minimum atomic E-state index is -0.806. The number of pyridine rings is 1. The first-order chi connectivity index (χ1) is 15.5. The molecular formula is C20H22FN7O4. The molecule has 0 saturated carbocycles. The van der Waals surface area contributed by atoms with Gasteiger partial charge >= 0.3 is 0 Å². The number of amides is 2. The van der Waals surface area contributed by atoms with Gasteiger partial charge in [0.2, 0.25) is 5.91 Å². The van der Waals surface area contributed by atoms with Crippen LogP contribution in [0.25, 0.3) is 10.9 Å². The zero-order valence-corrected chi connectivity index (χ0v) is 17.1. The first kappa shape index (κ1) is 20.4. The molecule has 0 aromatic carbocycles. The number of ether oxygens (including phenoxy) is 1. The van der Waals surface area contributed by atoms with Gasteiger partial charge in [-0.3, -0.25) is 14.4 Å². The lowest BCUT2D eigenvalue weighted by molar-refractivity contribution is -0.140. The van der Waals surface area contributed by atoms with Crippen molar-refractivity contribution >= 4 is 34.3 Å². The van der Waals surface area contributed by atoms with Crippen LogP contribution < -0.4 is 16.0 Å². The smallest absolute Gasteiger partial charge is 0.295 e. The van der Waals surface area contributed by atoms with Crippen molar-refractivity contribution in [2.75, 3.05) is 44.4 Å². The molecule has 3 aliphatic heterocycles. The summed E-state index contributed by atoms with van der Waals surface area (Å²) in [6.07, 6.45) is 6.31. The predicted molar refractivity (Wildman–Crippen MR) is 110 cm³/mol. The van der Waals surface area contributed by atoms with Gasteiger partial charge in [0.05, 0.1) is 35.2 Å². The van der Waals surface area contributed by atoms with Crippen LogP contribution in [0.3, 0.4) is 0 Å². The molecule has 5 rings (SSSR count). The molecule has 1 atom stereocenters. The maximum Gasteiger partial charge on any atom is 0.295 e. The number of rotatable bonds is 4. The highest BCUT2D eigenvalue weighted by molar-refractivity contribution is 6.45. The van der Waals surface area contributed by atoms with E-state index in [4.69, 9.17) is 4.74 Å². The summed E-state index contributed by atoms with van der Waals surface area (Å²) in [5.41, 5.74) is 5.79. The Balaban J connectivity index is 1.31. The van der Waals surface area contributed by atoms with Crippen molar-refractivity contribution in [3.63, 3.8) is 0 Å². The van der Waals surface area contributed by atoms with Gasteiger partial charge in [-0.1, -0.05) is 0 Å².